The zero-order valence-corrected chi connectivity index (χ0v) is 9.19. The first kappa shape index (κ1) is 11.6. The number of benzene rings is 1. The lowest BCUT2D eigenvalue weighted by molar-refractivity contribution is 0.143. The molecular formula is C12H17NO2. The first-order chi connectivity index (χ1) is 7.22. The molecule has 82 valence electrons. The van der Waals surface area contributed by atoms with Crippen molar-refractivity contribution in [2.45, 2.75) is 20.3 Å². The average molecular weight is 207 g/mol. The molecule has 0 aliphatic rings. The minimum absolute atomic E-state index is 0.387. The van der Waals surface area contributed by atoms with E-state index in [0.717, 1.165) is 12.1 Å². The minimum Gasteiger partial charge on any atom is -0.449 e. The van der Waals surface area contributed by atoms with Crippen molar-refractivity contribution in [1.82, 2.24) is 0 Å². The highest BCUT2D eigenvalue weighted by Crippen LogP contribution is 2.06. The molecule has 0 aromatic heterocycles. The summed E-state index contributed by atoms with van der Waals surface area (Å²) in [5.41, 5.74) is 0.756. The van der Waals surface area contributed by atoms with Gasteiger partial charge in [-0.05, 0) is 18.1 Å². The summed E-state index contributed by atoms with van der Waals surface area (Å²) in [4.78, 5) is 11.3. The minimum atomic E-state index is -0.387. The summed E-state index contributed by atoms with van der Waals surface area (Å²) in [6, 6.07) is 9.28. The van der Waals surface area contributed by atoms with Crippen molar-refractivity contribution in [2.75, 3.05) is 11.9 Å². The normalized spacial score (nSPS) is 11.9. The zero-order valence-electron chi connectivity index (χ0n) is 9.19. The van der Waals surface area contributed by atoms with Gasteiger partial charge in [-0.3, -0.25) is 5.32 Å². The van der Waals surface area contributed by atoms with Gasteiger partial charge in [0.15, 0.2) is 0 Å². The summed E-state index contributed by atoms with van der Waals surface area (Å²) in [6.45, 7) is 4.59. The van der Waals surface area contributed by atoms with Crippen molar-refractivity contribution >= 4 is 11.8 Å². The van der Waals surface area contributed by atoms with Gasteiger partial charge in [-0.1, -0.05) is 38.5 Å². The molecule has 1 amide bonds. The van der Waals surface area contributed by atoms with E-state index >= 15 is 0 Å². The lowest BCUT2D eigenvalue weighted by Crippen LogP contribution is -2.17. The molecule has 1 rings (SSSR count). The Balaban J connectivity index is 2.31. The van der Waals surface area contributed by atoms with Gasteiger partial charge in [0.25, 0.3) is 0 Å². The van der Waals surface area contributed by atoms with E-state index in [-0.39, 0.29) is 6.09 Å². The van der Waals surface area contributed by atoms with Crippen molar-refractivity contribution in [3.8, 4) is 0 Å². The summed E-state index contributed by atoms with van der Waals surface area (Å²) in [7, 11) is 0. The number of amides is 1. The van der Waals surface area contributed by atoms with Gasteiger partial charge in [0.2, 0.25) is 0 Å². The molecule has 0 fully saturated rings. The molecule has 0 bridgehead atoms. The fourth-order valence-electron chi connectivity index (χ4n) is 1.01. The number of nitrogens with one attached hydrogen (secondary N) is 1. The van der Waals surface area contributed by atoms with Gasteiger partial charge < -0.3 is 4.74 Å². The third-order valence-electron chi connectivity index (χ3n) is 2.22. The number of rotatable bonds is 4. The molecule has 1 aromatic carbocycles. The van der Waals surface area contributed by atoms with Crippen LogP contribution in [0, 0.1) is 5.92 Å². The maximum atomic E-state index is 11.3. The molecule has 15 heavy (non-hydrogen) atoms. The SMILES string of the molecule is CC[C@H](C)COC(=O)Nc1ccccc1. The molecule has 1 N–H and O–H groups in total. The van der Waals surface area contributed by atoms with Gasteiger partial charge in [-0.2, -0.15) is 0 Å². The molecule has 0 aliphatic heterocycles. The first-order valence-electron chi connectivity index (χ1n) is 5.21. The van der Waals surface area contributed by atoms with E-state index in [4.69, 9.17) is 4.74 Å². The molecule has 0 radical (unpaired) electrons. The van der Waals surface area contributed by atoms with Gasteiger partial charge in [0.05, 0.1) is 6.61 Å². The van der Waals surface area contributed by atoms with Crippen molar-refractivity contribution in [3.63, 3.8) is 0 Å². The number of anilines is 1. The quantitative estimate of drug-likeness (QED) is 0.822. The summed E-state index contributed by atoms with van der Waals surface area (Å²) >= 11 is 0. The fourth-order valence-corrected chi connectivity index (χ4v) is 1.01. The van der Waals surface area contributed by atoms with E-state index < -0.39 is 0 Å². The van der Waals surface area contributed by atoms with Gasteiger partial charge in [-0.25, -0.2) is 4.79 Å². The van der Waals surface area contributed by atoms with E-state index in [1.807, 2.05) is 30.3 Å². The maximum absolute atomic E-state index is 11.3. The second-order valence-corrected chi connectivity index (χ2v) is 3.60. The van der Waals surface area contributed by atoms with Crippen LogP contribution in [0.15, 0.2) is 30.3 Å². The van der Waals surface area contributed by atoms with E-state index in [1.54, 1.807) is 0 Å². The Morgan fingerprint density at radius 2 is 2.07 bits per heavy atom. The Kier molecular flexibility index (Phi) is 4.68. The monoisotopic (exact) mass is 207 g/mol. The third kappa shape index (κ3) is 4.49. The van der Waals surface area contributed by atoms with Crippen molar-refractivity contribution < 1.29 is 9.53 Å². The third-order valence-corrected chi connectivity index (χ3v) is 2.22. The number of hydrogen-bond acceptors (Lipinski definition) is 2. The largest absolute Gasteiger partial charge is 0.449 e. The highest BCUT2D eigenvalue weighted by Gasteiger charge is 2.05. The summed E-state index contributed by atoms with van der Waals surface area (Å²) in [6.07, 6.45) is 0.625. The van der Waals surface area contributed by atoms with Crippen LogP contribution in [0.3, 0.4) is 0 Å². The Morgan fingerprint density at radius 3 is 2.67 bits per heavy atom. The number of hydrogen-bond donors (Lipinski definition) is 1. The highest BCUT2D eigenvalue weighted by molar-refractivity contribution is 5.84. The fraction of sp³-hybridized carbons (Fsp3) is 0.417. The summed E-state index contributed by atoms with van der Waals surface area (Å²) < 4.78 is 5.05. The zero-order chi connectivity index (χ0) is 11.1. The number of carbonyl (C=O) groups excluding carboxylic acids is 1. The molecule has 0 unspecified atom stereocenters. The van der Waals surface area contributed by atoms with Crippen molar-refractivity contribution in [2.24, 2.45) is 5.92 Å². The molecule has 0 heterocycles. The van der Waals surface area contributed by atoms with Crippen LogP contribution in [-0.2, 0) is 4.74 Å². The van der Waals surface area contributed by atoms with Crippen LogP contribution in [0.5, 0.6) is 0 Å². The molecule has 0 spiro atoms. The van der Waals surface area contributed by atoms with Gasteiger partial charge in [0.1, 0.15) is 0 Å². The lowest BCUT2D eigenvalue weighted by Gasteiger charge is -2.10. The number of para-hydroxylation sites is 1. The van der Waals surface area contributed by atoms with Crippen LogP contribution in [0.25, 0.3) is 0 Å². The predicted octanol–water partition coefficient (Wildman–Crippen LogP) is 3.28. The smallest absolute Gasteiger partial charge is 0.411 e. The molecule has 1 aromatic rings. The second-order valence-electron chi connectivity index (χ2n) is 3.60. The van der Waals surface area contributed by atoms with Gasteiger partial charge in [-0.15, -0.1) is 0 Å². The Morgan fingerprint density at radius 1 is 1.40 bits per heavy atom. The first-order valence-corrected chi connectivity index (χ1v) is 5.21. The molecule has 1 atom stereocenters. The van der Waals surface area contributed by atoms with Crippen LogP contribution < -0.4 is 5.32 Å². The maximum Gasteiger partial charge on any atom is 0.411 e. The molecular weight excluding hydrogens is 190 g/mol. The second kappa shape index (κ2) is 6.06. The highest BCUT2D eigenvalue weighted by atomic mass is 16.5. The van der Waals surface area contributed by atoms with E-state index in [2.05, 4.69) is 19.2 Å². The predicted molar refractivity (Wildman–Crippen MR) is 60.9 cm³/mol. The van der Waals surface area contributed by atoms with E-state index in [1.165, 1.54) is 0 Å². The summed E-state index contributed by atoms with van der Waals surface area (Å²) in [5, 5.41) is 2.66. The lowest BCUT2D eigenvalue weighted by atomic mass is 10.1. The molecule has 0 saturated carbocycles. The van der Waals surface area contributed by atoms with Crippen LogP contribution in [-0.4, -0.2) is 12.7 Å². The van der Waals surface area contributed by atoms with Gasteiger partial charge in [0, 0.05) is 5.69 Å². The Labute approximate surface area is 90.4 Å². The van der Waals surface area contributed by atoms with Crippen LogP contribution >= 0.6 is 0 Å². The average Bonchev–Trinajstić information content (AvgIpc) is 2.27. The topological polar surface area (TPSA) is 38.3 Å². The van der Waals surface area contributed by atoms with Crippen LogP contribution in [0.2, 0.25) is 0 Å². The van der Waals surface area contributed by atoms with E-state index in [0.29, 0.717) is 12.5 Å². The number of carbonyl (C=O) groups is 1. The van der Waals surface area contributed by atoms with Crippen molar-refractivity contribution in [3.05, 3.63) is 30.3 Å². The van der Waals surface area contributed by atoms with Gasteiger partial charge >= 0.3 is 6.09 Å². The van der Waals surface area contributed by atoms with E-state index in [9.17, 15) is 4.79 Å². The van der Waals surface area contributed by atoms with Crippen LogP contribution in [0.4, 0.5) is 10.5 Å². The molecule has 0 saturated heterocycles. The molecule has 3 heteroatoms. The Hall–Kier alpha value is -1.51. The summed E-state index contributed by atoms with van der Waals surface area (Å²) in [5.74, 6) is 0.409. The Bertz CT molecular complexity index is 298. The molecule has 3 nitrogen and oxygen atoms in total. The van der Waals surface area contributed by atoms with Crippen LogP contribution in [0.1, 0.15) is 20.3 Å². The van der Waals surface area contributed by atoms with Crippen molar-refractivity contribution in [1.29, 1.82) is 0 Å². The standard InChI is InChI=1S/C12H17NO2/c1-3-10(2)9-15-12(14)13-11-7-5-4-6-8-11/h4-8,10H,3,9H2,1-2H3,(H,13,14)/t10-/m0/s1. The molecule has 0 aliphatic carbocycles. The number of ether oxygens (including phenoxy) is 1.